The Morgan fingerprint density at radius 2 is 2.25 bits per heavy atom. The van der Waals surface area contributed by atoms with Crippen molar-refractivity contribution in [2.75, 3.05) is 13.1 Å². The topological polar surface area (TPSA) is 54.0 Å². The molecule has 1 aliphatic rings. The Balaban J connectivity index is 2.05. The van der Waals surface area contributed by atoms with Crippen LogP contribution in [0.15, 0.2) is 24.5 Å². The highest BCUT2D eigenvalue weighted by Crippen LogP contribution is 2.35. The number of hydrogen-bond acceptors (Lipinski definition) is 3. The van der Waals surface area contributed by atoms with E-state index < -0.39 is 0 Å². The number of nitrogens with zero attached hydrogens (tertiary/aromatic N) is 1. The first-order chi connectivity index (χ1) is 9.68. The molecule has 1 atom stereocenters. The van der Waals surface area contributed by atoms with Crippen LogP contribution >= 0.6 is 0 Å². The molecule has 4 heteroatoms. The molecule has 0 aromatic carbocycles. The lowest BCUT2D eigenvalue weighted by Gasteiger charge is -2.37. The Morgan fingerprint density at radius 1 is 1.50 bits per heavy atom. The number of amides is 1. The van der Waals surface area contributed by atoms with Crippen molar-refractivity contribution in [3.63, 3.8) is 0 Å². The quantitative estimate of drug-likeness (QED) is 0.867. The fourth-order valence-corrected chi connectivity index (χ4v) is 3.04. The summed E-state index contributed by atoms with van der Waals surface area (Å²) in [7, 11) is 0. The third-order valence-electron chi connectivity index (χ3n) is 4.30. The molecule has 1 aliphatic heterocycles. The number of aromatic nitrogens is 1. The summed E-state index contributed by atoms with van der Waals surface area (Å²) in [6.07, 6.45) is 7.47. The van der Waals surface area contributed by atoms with E-state index in [1.54, 1.807) is 6.20 Å². The molecule has 0 bridgehead atoms. The van der Waals surface area contributed by atoms with Crippen LogP contribution in [0.3, 0.4) is 0 Å². The lowest BCUT2D eigenvalue weighted by Crippen LogP contribution is -2.48. The summed E-state index contributed by atoms with van der Waals surface area (Å²) in [4.78, 5) is 16.9. The molecule has 1 fully saturated rings. The molecule has 20 heavy (non-hydrogen) atoms. The van der Waals surface area contributed by atoms with Gasteiger partial charge in [0.1, 0.15) is 0 Å². The molecule has 0 radical (unpaired) electrons. The maximum atomic E-state index is 12.7. The van der Waals surface area contributed by atoms with Gasteiger partial charge < -0.3 is 10.6 Å². The second-order valence-corrected chi connectivity index (χ2v) is 5.76. The van der Waals surface area contributed by atoms with E-state index in [0.29, 0.717) is 0 Å². The van der Waals surface area contributed by atoms with Gasteiger partial charge in [-0.05, 0) is 50.9 Å². The third-order valence-corrected chi connectivity index (χ3v) is 4.30. The van der Waals surface area contributed by atoms with Crippen LogP contribution in [0.5, 0.6) is 0 Å². The molecular formula is C16H25N3O. The van der Waals surface area contributed by atoms with Crippen molar-refractivity contribution in [3.8, 4) is 0 Å². The molecule has 0 aliphatic carbocycles. The van der Waals surface area contributed by atoms with Crippen LogP contribution in [-0.2, 0) is 4.79 Å². The van der Waals surface area contributed by atoms with Crippen LogP contribution in [0.25, 0.3) is 0 Å². The fourth-order valence-electron chi connectivity index (χ4n) is 3.04. The van der Waals surface area contributed by atoms with Crippen molar-refractivity contribution in [3.05, 3.63) is 30.1 Å². The Kier molecular flexibility index (Phi) is 5.12. The van der Waals surface area contributed by atoms with Gasteiger partial charge in [-0.25, -0.2) is 0 Å². The van der Waals surface area contributed by atoms with Crippen LogP contribution in [0.4, 0.5) is 0 Å². The average molecular weight is 275 g/mol. The number of hydrogen-bond donors (Lipinski definition) is 2. The zero-order chi connectivity index (χ0) is 14.4. The Labute approximate surface area is 121 Å². The van der Waals surface area contributed by atoms with Crippen LogP contribution in [-0.4, -0.2) is 24.0 Å². The number of carbonyl (C=O) groups excluding carboxylic acids is 1. The van der Waals surface area contributed by atoms with E-state index in [1.165, 1.54) is 0 Å². The summed E-state index contributed by atoms with van der Waals surface area (Å²) in [5, 5.41) is 6.53. The molecule has 1 amide bonds. The van der Waals surface area contributed by atoms with Gasteiger partial charge in [-0.15, -0.1) is 0 Å². The van der Waals surface area contributed by atoms with Crippen molar-refractivity contribution >= 4 is 5.91 Å². The van der Waals surface area contributed by atoms with Gasteiger partial charge >= 0.3 is 0 Å². The predicted molar refractivity (Wildman–Crippen MR) is 80.2 cm³/mol. The number of piperidine rings is 1. The molecule has 1 saturated heterocycles. The highest BCUT2D eigenvalue weighted by atomic mass is 16.2. The van der Waals surface area contributed by atoms with E-state index >= 15 is 0 Å². The third kappa shape index (κ3) is 3.37. The molecule has 0 spiro atoms. The number of carbonyl (C=O) groups is 1. The van der Waals surface area contributed by atoms with Gasteiger partial charge in [-0.2, -0.15) is 0 Å². The van der Waals surface area contributed by atoms with Crippen LogP contribution in [0, 0.1) is 5.41 Å². The zero-order valence-corrected chi connectivity index (χ0v) is 12.5. The van der Waals surface area contributed by atoms with Gasteiger partial charge in [0.15, 0.2) is 0 Å². The summed E-state index contributed by atoms with van der Waals surface area (Å²) in [6, 6.07) is 3.93. The minimum atomic E-state index is -0.184. The maximum absolute atomic E-state index is 12.7. The molecule has 2 rings (SSSR count). The molecule has 110 valence electrons. The van der Waals surface area contributed by atoms with Crippen LogP contribution in [0.2, 0.25) is 0 Å². The van der Waals surface area contributed by atoms with E-state index in [-0.39, 0.29) is 17.4 Å². The SMILES string of the molecule is CCCC1(C(=O)NC(C)c2cccnc2)CCNCC1. The molecule has 1 unspecified atom stereocenters. The Bertz CT molecular complexity index is 421. The van der Waals surface area contributed by atoms with Crippen molar-refractivity contribution in [2.45, 2.75) is 45.6 Å². The first-order valence-corrected chi connectivity index (χ1v) is 7.59. The highest BCUT2D eigenvalue weighted by molar-refractivity contribution is 5.83. The molecule has 1 aromatic rings. The lowest BCUT2D eigenvalue weighted by molar-refractivity contribution is -0.133. The van der Waals surface area contributed by atoms with Crippen molar-refractivity contribution in [2.24, 2.45) is 5.41 Å². The second-order valence-electron chi connectivity index (χ2n) is 5.76. The maximum Gasteiger partial charge on any atom is 0.226 e. The fraction of sp³-hybridized carbons (Fsp3) is 0.625. The monoisotopic (exact) mass is 275 g/mol. The average Bonchev–Trinajstić information content (AvgIpc) is 2.49. The van der Waals surface area contributed by atoms with E-state index in [1.807, 2.05) is 25.3 Å². The first-order valence-electron chi connectivity index (χ1n) is 7.59. The van der Waals surface area contributed by atoms with Gasteiger partial charge in [-0.1, -0.05) is 19.4 Å². The van der Waals surface area contributed by atoms with Gasteiger partial charge in [0.2, 0.25) is 5.91 Å². The summed E-state index contributed by atoms with van der Waals surface area (Å²) >= 11 is 0. The first kappa shape index (κ1) is 15.0. The largest absolute Gasteiger partial charge is 0.349 e. The molecule has 2 N–H and O–H groups in total. The highest BCUT2D eigenvalue weighted by Gasteiger charge is 2.38. The minimum Gasteiger partial charge on any atom is -0.349 e. The lowest BCUT2D eigenvalue weighted by atomic mass is 9.74. The van der Waals surface area contributed by atoms with Gasteiger partial charge in [-0.3, -0.25) is 9.78 Å². The molecular weight excluding hydrogens is 250 g/mol. The van der Waals surface area contributed by atoms with E-state index in [4.69, 9.17) is 0 Å². The van der Waals surface area contributed by atoms with E-state index in [0.717, 1.165) is 44.3 Å². The van der Waals surface area contributed by atoms with Crippen LogP contribution < -0.4 is 10.6 Å². The summed E-state index contributed by atoms with van der Waals surface area (Å²) in [5.74, 6) is 0.206. The van der Waals surface area contributed by atoms with Gasteiger partial charge in [0.25, 0.3) is 0 Å². The second kappa shape index (κ2) is 6.84. The standard InChI is InChI=1S/C16H25N3O/c1-3-6-16(7-10-17-11-8-16)15(20)19-13(2)14-5-4-9-18-12-14/h4-5,9,12-13,17H,3,6-8,10-11H2,1-2H3,(H,19,20). The van der Waals surface area contributed by atoms with Crippen molar-refractivity contribution in [1.29, 1.82) is 0 Å². The van der Waals surface area contributed by atoms with E-state index in [9.17, 15) is 4.79 Å². The molecule has 1 aromatic heterocycles. The van der Waals surface area contributed by atoms with E-state index in [2.05, 4.69) is 22.5 Å². The summed E-state index contributed by atoms with van der Waals surface area (Å²) in [6.45, 7) is 6.06. The van der Waals surface area contributed by atoms with Crippen LogP contribution in [0.1, 0.15) is 51.1 Å². The summed E-state index contributed by atoms with van der Waals surface area (Å²) in [5.41, 5.74) is 0.873. The van der Waals surface area contributed by atoms with Gasteiger partial charge in [0, 0.05) is 12.4 Å². The van der Waals surface area contributed by atoms with Gasteiger partial charge in [0.05, 0.1) is 11.5 Å². The number of nitrogens with one attached hydrogen (secondary N) is 2. The smallest absolute Gasteiger partial charge is 0.226 e. The zero-order valence-electron chi connectivity index (χ0n) is 12.5. The molecule has 4 nitrogen and oxygen atoms in total. The Hall–Kier alpha value is -1.42. The predicted octanol–water partition coefficient (Wildman–Crippen LogP) is 2.43. The molecule has 2 heterocycles. The van der Waals surface area contributed by atoms with Crippen molar-refractivity contribution in [1.82, 2.24) is 15.6 Å². The summed E-state index contributed by atoms with van der Waals surface area (Å²) < 4.78 is 0. The Morgan fingerprint density at radius 3 is 2.85 bits per heavy atom. The number of pyridine rings is 1. The minimum absolute atomic E-state index is 0.0137. The van der Waals surface area contributed by atoms with Crippen molar-refractivity contribution < 1.29 is 4.79 Å². The molecule has 0 saturated carbocycles. The number of rotatable bonds is 5. The normalized spacial score (nSPS) is 19.3.